The molecule has 3 heterocycles. The van der Waals surface area contributed by atoms with Crippen LogP contribution in [0.3, 0.4) is 0 Å². The molecule has 0 bridgehead atoms. The Morgan fingerprint density at radius 1 is 0.682 bits per heavy atom. The number of hydrogen-bond donors (Lipinski definition) is 12. The monoisotopic (exact) mass is 1220 g/mol. The number of nitrogens with one attached hydrogen (secondary N) is 4. The van der Waals surface area contributed by atoms with E-state index < -0.39 is 158 Å². The molecule has 12 N–H and O–H groups in total. The summed E-state index contributed by atoms with van der Waals surface area (Å²) >= 11 is 0. The van der Waals surface area contributed by atoms with Crippen LogP contribution in [0.4, 0.5) is 0 Å². The van der Waals surface area contributed by atoms with E-state index in [0.717, 1.165) is 70.9 Å². The van der Waals surface area contributed by atoms with Crippen LogP contribution in [0.1, 0.15) is 88.2 Å². The van der Waals surface area contributed by atoms with Crippen molar-refractivity contribution in [3.05, 3.63) is 108 Å². The first-order chi connectivity index (χ1) is 41.6. The van der Waals surface area contributed by atoms with Gasteiger partial charge in [0, 0.05) is 43.8 Å². The van der Waals surface area contributed by atoms with E-state index in [9.17, 15) is 74.4 Å². The summed E-state index contributed by atoms with van der Waals surface area (Å²) in [6.45, 7) is 5.92. The highest BCUT2D eigenvalue weighted by atomic mass is 16.5. The number of Topliss-reactive ketones (excluding diaryl/α,β-unsaturated/α-hetero) is 1. The van der Waals surface area contributed by atoms with E-state index in [4.69, 9.17) is 9.47 Å². The first kappa shape index (κ1) is 68.1. The number of fused-ring (bicyclic) bond motifs is 2. The summed E-state index contributed by atoms with van der Waals surface area (Å²) in [6.07, 6.45) is -13.2. The van der Waals surface area contributed by atoms with Gasteiger partial charge in [-0.05, 0) is 84.5 Å². The molecule has 3 aliphatic rings. The van der Waals surface area contributed by atoms with Crippen LogP contribution in [-0.2, 0) is 33.5 Å². The minimum absolute atomic E-state index is 0.0229. The van der Waals surface area contributed by atoms with Gasteiger partial charge in [-0.1, -0.05) is 87.4 Å². The maximum absolute atomic E-state index is 14.8. The Labute approximate surface area is 512 Å². The lowest BCUT2D eigenvalue weighted by atomic mass is 9.86. The molecule has 0 spiro atoms. The maximum atomic E-state index is 14.8. The van der Waals surface area contributed by atoms with Crippen LogP contribution in [0.5, 0.6) is 11.5 Å². The largest absolute Gasteiger partial charge is 0.508 e. The number of phenols is 1. The van der Waals surface area contributed by atoms with Crippen LogP contribution in [-0.4, -0.2) is 223 Å². The van der Waals surface area contributed by atoms with Gasteiger partial charge >= 0.3 is 0 Å². The number of ketones is 1. The molecular weight excluding hydrogens is 1140 g/mol. The number of ether oxygens (including phenoxy) is 2. The van der Waals surface area contributed by atoms with Crippen molar-refractivity contribution in [3.63, 3.8) is 0 Å². The molecule has 7 rings (SSSR count). The second-order valence-corrected chi connectivity index (χ2v) is 24.4. The highest BCUT2D eigenvalue weighted by Crippen LogP contribution is 2.32. The second-order valence-electron chi connectivity index (χ2n) is 24.4. The lowest BCUT2D eigenvalue weighted by Crippen LogP contribution is -2.61. The molecule has 0 radical (unpaired) electrons. The van der Waals surface area contributed by atoms with E-state index in [1.165, 1.54) is 43.3 Å². The zero-order chi connectivity index (χ0) is 64.3. The smallest absolute Gasteiger partial charge is 0.251 e. The van der Waals surface area contributed by atoms with Crippen LogP contribution >= 0.6 is 0 Å². The van der Waals surface area contributed by atoms with Gasteiger partial charge in [0.1, 0.15) is 54.4 Å². The molecule has 478 valence electrons. The van der Waals surface area contributed by atoms with Crippen LogP contribution in [0.25, 0.3) is 22.3 Å². The van der Waals surface area contributed by atoms with Gasteiger partial charge in [0.25, 0.3) is 5.91 Å². The first-order valence-corrected chi connectivity index (χ1v) is 29.9. The number of aromatic hydroxyl groups is 1. The Bertz CT molecular complexity index is 3030. The third-order valence-electron chi connectivity index (χ3n) is 16.4. The number of aliphatic hydroxyl groups excluding tert-OH is 7. The zero-order valence-corrected chi connectivity index (χ0v) is 50.8. The molecule has 0 aliphatic carbocycles. The van der Waals surface area contributed by atoms with Crippen molar-refractivity contribution in [2.45, 2.75) is 145 Å². The van der Waals surface area contributed by atoms with Crippen molar-refractivity contribution in [1.29, 1.82) is 0 Å². The van der Waals surface area contributed by atoms with Gasteiger partial charge in [0.05, 0.1) is 76.8 Å². The number of hydrogen-bond acceptors (Lipinski definition) is 17. The van der Waals surface area contributed by atoms with Crippen molar-refractivity contribution in [1.82, 2.24) is 31.1 Å². The fourth-order valence-electron chi connectivity index (χ4n) is 11.1. The molecule has 24 heteroatoms. The lowest BCUT2D eigenvalue weighted by molar-refractivity contribution is -0.870. The average molecular weight is 1230 g/mol. The third-order valence-corrected chi connectivity index (χ3v) is 16.4. The molecule has 0 saturated carbocycles. The number of rotatable bonds is 18. The summed E-state index contributed by atoms with van der Waals surface area (Å²) in [5.41, 5.74) is 3.54. The predicted molar refractivity (Wildman–Crippen MR) is 321 cm³/mol. The van der Waals surface area contributed by atoms with Crippen LogP contribution < -0.4 is 26.0 Å². The van der Waals surface area contributed by atoms with Gasteiger partial charge in [-0.2, -0.15) is 0 Å². The molecule has 4 aromatic rings. The van der Waals surface area contributed by atoms with E-state index in [-0.39, 0.29) is 30.0 Å². The molecule has 4 aromatic carbocycles. The number of carbonyl (C=O) groups is 7. The molecule has 15 atom stereocenters. The summed E-state index contributed by atoms with van der Waals surface area (Å²) in [4.78, 5) is 104. The molecular formula is C64H86N7O17+. The van der Waals surface area contributed by atoms with Crippen LogP contribution in [0, 0.1) is 11.8 Å². The zero-order valence-electron chi connectivity index (χ0n) is 50.8. The summed E-state index contributed by atoms with van der Waals surface area (Å²) < 4.78 is 12.3. The van der Waals surface area contributed by atoms with Gasteiger partial charge in [-0.3, -0.25) is 33.6 Å². The number of quaternary nitrogens is 1. The number of phenolic OH excluding ortho intramolecular Hbond substituents is 1. The normalized spacial score (nSPS) is 26.8. The standard InChI is InChI=1S/C64H85N7O17/c1-8-9-10-28-87-46-25-21-41(22-26-46)39-13-11-38(12-14-39)40-15-17-43(18-16-40)58(81)65-48-32-51(77)62(88-29-27-71(5,6)7)68-61(84)54-55(78)35(2)33-70(54)64(86)53(37(4)73)66-59(82)47(57(80)56(79)42-19-23-44(74)24-20-42)31-50(76)49-30-45(75)34-69(49)63(85)52(36(3)72)67-60(48)83/h11-26,35-37,45,47-49,51-57,62,72-73,75,77-80H,8-10,27-34H2,1-7H3,(H4-,65,66,67,68,74,81,82,83,84)/p+1/t35-,36+,37+,45+,47?,48-,49?,51+,52?,53?,54?,55-,56-,57-,62-/m0/s1. The molecule has 3 aliphatic heterocycles. The van der Waals surface area contributed by atoms with Gasteiger partial charge in [-0.25, -0.2) is 0 Å². The minimum atomic E-state index is -2.18. The fraction of sp³-hybridized carbons (Fsp3) is 0.516. The second kappa shape index (κ2) is 30.2. The average Bonchev–Trinajstić information content (AvgIpc) is 2.08. The van der Waals surface area contributed by atoms with E-state index in [1.807, 2.05) is 69.7 Å². The van der Waals surface area contributed by atoms with E-state index >= 15 is 0 Å². The van der Waals surface area contributed by atoms with Crippen molar-refractivity contribution in [2.75, 3.05) is 54.0 Å². The molecule has 5 unspecified atom stereocenters. The number of likely N-dealkylation sites (N-methyl/N-ethyl adjacent to an activating group) is 1. The quantitative estimate of drug-likeness (QED) is 0.0486. The highest BCUT2D eigenvalue weighted by Gasteiger charge is 2.50. The van der Waals surface area contributed by atoms with Gasteiger partial charge < -0.3 is 85.9 Å². The number of benzene rings is 4. The number of unbranched alkanes of at least 4 members (excludes halogenated alkanes) is 2. The molecule has 0 aromatic heterocycles. The topological polar surface area (TPSA) is 354 Å². The summed E-state index contributed by atoms with van der Waals surface area (Å²) in [7, 11) is 5.54. The van der Waals surface area contributed by atoms with E-state index in [1.54, 1.807) is 12.1 Å². The molecule has 24 nitrogen and oxygen atoms in total. The molecule has 3 fully saturated rings. The molecule has 3 saturated heterocycles. The van der Waals surface area contributed by atoms with Crippen molar-refractivity contribution >= 4 is 41.2 Å². The van der Waals surface area contributed by atoms with Gasteiger partial charge in [-0.15, -0.1) is 0 Å². The maximum Gasteiger partial charge on any atom is 0.251 e. The summed E-state index contributed by atoms with van der Waals surface area (Å²) in [6, 6.07) is 17.9. The highest BCUT2D eigenvalue weighted by molar-refractivity contribution is 6.00. The summed E-state index contributed by atoms with van der Waals surface area (Å²) in [5.74, 6) is -9.74. The lowest BCUT2D eigenvalue weighted by Gasteiger charge is -2.34. The van der Waals surface area contributed by atoms with Gasteiger partial charge in [0.15, 0.2) is 12.0 Å². The predicted octanol–water partition coefficient (Wildman–Crippen LogP) is 0.894. The number of aliphatic hydroxyl groups is 7. The SMILES string of the molecule is CCCCCOc1ccc(-c2ccc(-c3ccc(C(=O)N[C@H]4C[C@@H](O)[C@H](OCC[N+](C)(C)C)NC(=O)C5[C@@H](O)[C@@H](C)CN5C(=O)C([C@@H](C)O)NC(=O)C([C@H](O)[C@@H](O)c5ccc(O)cc5)CC(=O)C5C[C@@H](O)CN5C(=O)C([C@@H](C)O)NC4=O)cc3)cc2)cc1. The number of nitrogens with zero attached hydrogens (tertiary/aromatic N) is 3. The van der Waals surface area contributed by atoms with Crippen molar-refractivity contribution in [2.24, 2.45) is 11.8 Å². The summed E-state index contributed by atoms with van der Waals surface area (Å²) in [5, 5.41) is 101. The number of amides is 6. The third kappa shape index (κ3) is 17.3. The first-order valence-electron chi connectivity index (χ1n) is 29.9. The Morgan fingerprint density at radius 2 is 1.23 bits per heavy atom. The Hall–Kier alpha value is -7.39. The minimum Gasteiger partial charge on any atom is -0.508 e. The van der Waals surface area contributed by atoms with Gasteiger partial charge in [0.2, 0.25) is 29.5 Å². The van der Waals surface area contributed by atoms with E-state index in [2.05, 4.69) is 28.2 Å². The molecule has 6 amide bonds. The van der Waals surface area contributed by atoms with Crippen molar-refractivity contribution in [3.8, 4) is 33.8 Å². The Kier molecular flexibility index (Phi) is 23.4. The number of carbonyl (C=O) groups excluding carboxylic acids is 7. The fourth-order valence-corrected chi connectivity index (χ4v) is 11.1. The van der Waals surface area contributed by atoms with Crippen molar-refractivity contribution < 1.29 is 88.4 Å². The molecule has 88 heavy (non-hydrogen) atoms. The Morgan fingerprint density at radius 3 is 1.78 bits per heavy atom. The van der Waals surface area contributed by atoms with E-state index in [0.29, 0.717) is 17.6 Å². The Balaban J connectivity index is 1.23. The van der Waals surface area contributed by atoms with Crippen LogP contribution in [0.2, 0.25) is 0 Å². The van der Waals surface area contributed by atoms with Crippen LogP contribution in [0.15, 0.2) is 97.1 Å².